The fourth-order valence-corrected chi connectivity index (χ4v) is 5.20. The van der Waals surface area contributed by atoms with Gasteiger partial charge in [-0.2, -0.15) is 0 Å². The highest BCUT2D eigenvalue weighted by Crippen LogP contribution is 2.39. The molecule has 10 heteroatoms. The average Bonchev–Trinajstić information content (AvgIpc) is 3.61. The van der Waals surface area contributed by atoms with Crippen LogP contribution in [0.25, 0.3) is 32.9 Å². The number of aromatic nitrogens is 2. The molecule has 1 aliphatic rings. The Morgan fingerprint density at radius 1 is 1.15 bits per heavy atom. The number of hydrogen-bond acceptors (Lipinski definition) is 5. The smallest absolute Gasteiger partial charge is 0.326 e. The van der Waals surface area contributed by atoms with Gasteiger partial charge in [0.2, 0.25) is 0 Å². The van der Waals surface area contributed by atoms with Crippen molar-refractivity contribution in [2.75, 3.05) is 30.5 Å². The number of primary amides is 1. The molecule has 1 saturated heterocycles. The van der Waals surface area contributed by atoms with Crippen LogP contribution in [0, 0.1) is 12.7 Å². The molecule has 0 aliphatic carbocycles. The summed E-state index contributed by atoms with van der Waals surface area (Å²) in [5.41, 5.74) is 10.7. The van der Waals surface area contributed by atoms with Gasteiger partial charge in [0.25, 0.3) is 5.91 Å². The van der Waals surface area contributed by atoms with E-state index in [0.29, 0.717) is 35.9 Å². The number of fused-ring (bicyclic) bond motifs is 3. The highest BCUT2D eigenvalue weighted by molar-refractivity contribution is 6.19. The number of amides is 3. The number of aromatic amines is 1. The van der Waals surface area contributed by atoms with Crippen molar-refractivity contribution in [3.8, 4) is 16.9 Å². The number of ether oxygens (including phenoxy) is 2. The molecule has 9 nitrogen and oxygen atoms in total. The molecule has 0 spiro atoms. The van der Waals surface area contributed by atoms with E-state index < -0.39 is 5.91 Å². The lowest BCUT2D eigenvalue weighted by molar-refractivity contribution is 0.0997. The normalized spacial score (nSPS) is 14.9. The molecule has 0 radical (unpaired) electrons. The molecule has 1 atom stereocenters. The summed E-state index contributed by atoms with van der Waals surface area (Å²) in [6.45, 7) is 3.13. The first-order chi connectivity index (χ1) is 19.8. The van der Waals surface area contributed by atoms with Gasteiger partial charge in [-0.05, 0) is 60.5 Å². The number of hydrogen-bond donors (Lipinski definition) is 3. The number of H-pyrrole nitrogens is 1. The highest BCUT2D eigenvalue weighted by atomic mass is 19.1. The third-order valence-corrected chi connectivity index (χ3v) is 7.41. The highest BCUT2D eigenvalue weighted by Gasteiger charge is 2.22. The molecule has 41 heavy (non-hydrogen) atoms. The minimum absolute atomic E-state index is 0.00191. The molecular formula is C31H28FN5O4. The zero-order valence-corrected chi connectivity index (χ0v) is 22.5. The van der Waals surface area contributed by atoms with E-state index in [1.165, 1.54) is 29.2 Å². The molecule has 3 aromatic carbocycles. The lowest BCUT2D eigenvalue weighted by Gasteiger charge is -2.20. The summed E-state index contributed by atoms with van der Waals surface area (Å²) in [5, 5.41) is 4.61. The quantitative estimate of drug-likeness (QED) is 0.247. The average molecular weight is 554 g/mol. The van der Waals surface area contributed by atoms with Gasteiger partial charge < -0.3 is 25.5 Å². The summed E-state index contributed by atoms with van der Waals surface area (Å²) >= 11 is 0. The van der Waals surface area contributed by atoms with Crippen molar-refractivity contribution in [2.45, 2.75) is 19.4 Å². The van der Waals surface area contributed by atoms with Crippen molar-refractivity contribution >= 4 is 45.1 Å². The molecule has 2 aromatic heterocycles. The Bertz CT molecular complexity index is 1790. The maximum absolute atomic E-state index is 13.3. The van der Waals surface area contributed by atoms with Crippen LogP contribution in [-0.2, 0) is 4.74 Å². The van der Waals surface area contributed by atoms with Crippen LogP contribution in [0.2, 0.25) is 0 Å². The van der Waals surface area contributed by atoms with Gasteiger partial charge in [-0.15, -0.1) is 0 Å². The second kappa shape index (κ2) is 10.5. The van der Waals surface area contributed by atoms with Crippen molar-refractivity contribution in [1.82, 2.24) is 9.97 Å². The summed E-state index contributed by atoms with van der Waals surface area (Å²) in [5.74, 6) is -0.326. The first-order valence-electron chi connectivity index (χ1n) is 13.2. The van der Waals surface area contributed by atoms with Crippen LogP contribution < -0.4 is 20.7 Å². The molecule has 4 N–H and O–H groups in total. The Kier molecular flexibility index (Phi) is 6.76. The third kappa shape index (κ3) is 4.93. The van der Waals surface area contributed by atoms with Crippen LogP contribution in [-0.4, -0.2) is 48.3 Å². The molecule has 0 saturated carbocycles. The van der Waals surface area contributed by atoms with E-state index in [1.54, 1.807) is 13.2 Å². The minimum atomic E-state index is -0.644. The number of carbonyl (C=O) groups excluding carboxylic acids is 2. The number of halogens is 1. The number of anilines is 2. The van der Waals surface area contributed by atoms with E-state index >= 15 is 0 Å². The van der Waals surface area contributed by atoms with E-state index in [9.17, 15) is 14.0 Å². The van der Waals surface area contributed by atoms with E-state index in [1.807, 2.05) is 43.3 Å². The van der Waals surface area contributed by atoms with Crippen LogP contribution in [0.1, 0.15) is 22.5 Å². The zero-order chi connectivity index (χ0) is 28.7. The Hall–Kier alpha value is -4.96. The van der Waals surface area contributed by atoms with E-state index in [-0.39, 0.29) is 23.6 Å². The second-order valence-electron chi connectivity index (χ2n) is 10.0. The van der Waals surface area contributed by atoms with Gasteiger partial charge in [-0.1, -0.05) is 12.1 Å². The van der Waals surface area contributed by atoms with Crippen LogP contribution in [0.3, 0.4) is 0 Å². The first kappa shape index (κ1) is 26.3. The standard InChI is InChI=1S/C31H28FN5O4/c1-17-22(4-3-5-25(17)36-31(39)37(2)19-8-6-18(32)7-9-19)24-15-34-29(30(33)38)28-27(24)23-11-10-20(14-26(23)35-28)41-21-12-13-40-16-21/h3-11,14-15,21,35H,12-13,16H2,1-2H3,(H2,33,38)(H,36,39). The topological polar surface area (TPSA) is 123 Å². The molecular weight excluding hydrogens is 525 g/mol. The lowest BCUT2D eigenvalue weighted by Crippen LogP contribution is -2.31. The van der Waals surface area contributed by atoms with Gasteiger partial charge >= 0.3 is 6.03 Å². The fraction of sp³-hybridized carbons (Fsp3) is 0.194. The van der Waals surface area contributed by atoms with Crippen molar-refractivity contribution in [2.24, 2.45) is 5.73 Å². The van der Waals surface area contributed by atoms with Crippen molar-refractivity contribution in [3.05, 3.63) is 83.9 Å². The molecule has 6 rings (SSSR count). The molecule has 3 amide bonds. The molecule has 3 heterocycles. The second-order valence-corrected chi connectivity index (χ2v) is 10.0. The summed E-state index contributed by atoms with van der Waals surface area (Å²) in [6.07, 6.45) is 2.46. The summed E-state index contributed by atoms with van der Waals surface area (Å²) < 4.78 is 24.9. The SMILES string of the molecule is Cc1c(NC(=O)N(C)c2ccc(F)cc2)cccc1-c1cnc(C(N)=O)c2[nH]c3cc(OC4CCOC4)ccc3c12. The van der Waals surface area contributed by atoms with Gasteiger partial charge in [0.15, 0.2) is 5.69 Å². The van der Waals surface area contributed by atoms with Crippen LogP contribution >= 0.6 is 0 Å². The number of pyridine rings is 1. The molecule has 208 valence electrons. The predicted octanol–water partition coefficient (Wildman–Crippen LogP) is 5.77. The Balaban J connectivity index is 1.40. The number of rotatable bonds is 6. The largest absolute Gasteiger partial charge is 0.488 e. The number of nitrogens with two attached hydrogens (primary N) is 1. The number of nitrogens with one attached hydrogen (secondary N) is 2. The summed E-state index contributed by atoms with van der Waals surface area (Å²) in [4.78, 5) is 34.5. The van der Waals surface area contributed by atoms with E-state index in [4.69, 9.17) is 15.2 Å². The molecule has 1 aliphatic heterocycles. The molecule has 5 aromatic rings. The third-order valence-electron chi connectivity index (χ3n) is 7.41. The van der Waals surface area contributed by atoms with Crippen LogP contribution in [0.4, 0.5) is 20.6 Å². The van der Waals surface area contributed by atoms with Gasteiger partial charge in [-0.3, -0.25) is 9.69 Å². The Morgan fingerprint density at radius 3 is 2.68 bits per heavy atom. The van der Waals surface area contributed by atoms with E-state index in [0.717, 1.165) is 39.4 Å². The maximum atomic E-state index is 13.3. The van der Waals surface area contributed by atoms with Gasteiger partial charge in [0.05, 0.1) is 24.2 Å². The lowest BCUT2D eigenvalue weighted by atomic mass is 9.96. The predicted molar refractivity (Wildman–Crippen MR) is 156 cm³/mol. The Morgan fingerprint density at radius 2 is 1.95 bits per heavy atom. The first-order valence-corrected chi connectivity index (χ1v) is 13.2. The summed E-state index contributed by atoms with van der Waals surface area (Å²) in [6, 6.07) is 16.6. The van der Waals surface area contributed by atoms with Crippen LogP contribution in [0.5, 0.6) is 5.75 Å². The molecule has 1 fully saturated rings. The fourth-order valence-electron chi connectivity index (χ4n) is 5.20. The zero-order valence-electron chi connectivity index (χ0n) is 22.5. The maximum Gasteiger partial charge on any atom is 0.326 e. The number of urea groups is 1. The van der Waals surface area contributed by atoms with Crippen LogP contribution in [0.15, 0.2) is 66.9 Å². The van der Waals surface area contributed by atoms with E-state index in [2.05, 4.69) is 15.3 Å². The van der Waals surface area contributed by atoms with Crippen molar-refractivity contribution in [3.63, 3.8) is 0 Å². The number of benzene rings is 3. The van der Waals surface area contributed by atoms with Gasteiger partial charge in [-0.25, -0.2) is 14.2 Å². The van der Waals surface area contributed by atoms with Crippen molar-refractivity contribution in [1.29, 1.82) is 0 Å². The van der Waals surface area contributed by atoms with Gasteiger partial charge in [0.1, 0.15) is 17.7 Å². The monoisotopic (exact) mass is 553 g/mol. The molecule has 1 unspecified atom stereocenters. The minimum Gasteiger partial charge on any atom is -0.488 e. The number of nitrogens with zero attached hydrogens (tertiary/aromatic N) is 2. The molecule has 0 bridgehead atoms. The Labute approximate surface area is 235 Å². The summed E-state index contributed by atoms with van der Waals surface area (Å²) in [7, 11) is 1.61. The van der Waals surface area contributed by atoms with Crippen molar-refractivity contribution < 1.29 is 23.5 Å². The number of carbonyl (C=O) groups is 2. The van der Waals surface area contributed by atoms with Gasteiger partial charge in [0, 0.05) is 53.4 Å².